The van der Waals surface area contributed by atoms with Gasteiger partial charge in [0.1, 0.15) is 17.3 Å². The Morgan fingerprint density at radius 1 is 1.38 bits per heavy atom. The fourth-order valence-electron chi connectivity index (χ4n) is 2.58. The number of halogens is 2. The van der Waals surface area contributed by atoms with Crippen LogP contribution in [0.5, 0.6) is 0 Å². The van der Waals surface area contributed by atoms with Crippen LogP contribution in [0.1, 0.15) is 29.0 Å². The summed E-state index contributed by atoms with van der Waals surface area (Å²) in [5.41, 5.74) is 7.20. The molecule has 5 nitrogen and oxygen atoms in total. The Kier molecular flexibility index (Phi) is 4.53. The van der Waals surface area contributed by atoms with E-state index in [1.807, 2.05) is 12.2 Å². The van der Waals surface area contributed by atoms with Crippen molar-refractivity contribution in [2.45, 2.75) is 12.8 Å². The first-order chi connectivity index (χ1) is 11.5. The standard InChI is InChI=1S/C17H15BrFN3O2/c1-24-11-5-2-9(3-6-11)14-15(16(20)23)22-17(21-14)12-7-4-10(18)8-13(12)19/h2,4-5,7-8H,3,6H2,1H3,(H2,20,23)(H,21,22). The maximum absolute atomic E-state index is 14.2. The Hall–Kier alpha value is -2.41. The zero-order valence-electron chi connectivity index (χ0n) is 12.9. The van der Waals surface area contributed by atoms with Crippen molar-refractivity contribution >= 4 is 27.4 Å². The summed E-state index contributed by atoms with van der Waals surface area (Å²) in [6.45, 7) is 0. The number of nitrogens with one attached hydrogen (secondary N) is 1. The van der Waals surface area contributed by atoms with Gasteiger partial charge in [0, 0.05) is 10.9 Å². The minimum absolute atomic E-state index is 0.174. The Balaban J connectivity index is 2.08. The number of methoxy groups -OCH3 is 1. The predicted octanol–water partition coefficient (Wildman–Crippen LogP) is 3.78. The Morgan fingerprint density at radius 3 is 2.75 bits per heavy atom. The predicted molar refractivity (Wildman–Crippen MR) is 92.5 cm³/mol. The van der Waals surface area contributed by atoms with Crippen LogP contribution < -0.4 is 5.73 Å². The zero-order chi connectivity index (χ0) is 17.3. The topological polar surface area (TPSA) is 81.0 Å². The molecule has 0 fully saturated rings. The minimum atomic E-state index is -0.635. The molecular formula is C17H15BrFN3O2. The molecule has 1 aliphatic carbocycles. The van der Waals surface area contributed by atoms with E-state index >= 15 is 0 Å². The van der Waals surface area contributed by atoms with Gasteiger partial charge in [0.15, 0.2) is 0 Å². The van der Waals surface area contributed by atoms with E-state index in [0.29, 0.717) is 23.0 Å². The number of aromatic amines is 1. The van der Waals surface area contributed by atoms with E-state index in [1.54, 1.807) is 19.2 Å². The summed E-state index contributed by atoms with van der Waals surface area (Å²) in [6.07, 6.45) is 5.03. The summed E-state index contributed by atoms with van der Waals surface area (Å²) in [5, 5.41) is 0. The first-order valence-electron chi connectivity index (χ1n) is 7.29. The number of ether oxygens (including phenoxy) is 1. The molecule has 1 heterocycles. The number of hydrogen-bond donors (Lipinski definition) is 2. The van der Waals surface area contributed by atoms with Gasteiger partial charge in [-0.2, -0.15) is 0 Å². The monoisotopic (exact) mass is 391 g/mol. The van der Waals surface area contributed by atoms with Gasteiger partial charge < -0.3 is 15.5 Å². The second-order valence-electron chi connectivity index (χ2n) is 5.33. The van der Waals surface area contributed by atoms with Gasteiger partial charge in [-0.15, -0.1) is 0 Å². The summed E-state index contributed by atoms with van der Waals surface area (Å²) < 4.78 is 20.0. The Labute approximate surface area is 146 Å². The quantitative estimate of drug-likeness (QED) is 0.831. The molecule has 124 valence electrons. The molecular weight excluding hydrogens is 377 g/mol. The average molecular weight is 392 g/mol. The molecule has 1 aliphatic rings. The molecule has 3 rings (SSSR count). The number of rotatable bonds is 4. The number of allylic oxidation sites excluding steroid dienone is 4. The molecule has 3 N–H and O–H groups in total. The molecule has 0 saturated heterocycles. The molecule has 0 atom stereocenters. The normalized spacial score (nSPS) is 14.1. The smallest absolute Gasteiger partial charge is 0.267 e. The molecule has 0 aliphatic heterocycles. The highest BCUT2D eigenvalue weighted by atomic mass is 79.9. The van der Waals surface area contributed by atoms with Crippen molar-refractivity contribution in [1.82, 2.24) is 9.97 Å². The molecule has 24 heavy (non-hydrogen) atoms. The van der Waals surface area contributed by atoms with Gasteiger partial charge in [0.25, 0.3) is 5.91 Å². The van der Waals surface area contributed by atoms with Crippen LogP contribution in [-0.4, -0.2) is 23.0 Å². The third-order valence-corrected chi connectivity index (χ3v) is 4.31. The summed E-state index contributed by atoms with van der Waals surface area (Å²) >= 11 is 3.21. The van der Waals surface area contributed by atoms with E-state index in [0.717, 1.165) is 11.3 Å². The number of imidazole rings is 1. The summed E-state index contributed by atoms with van der Waals surface area (Å²) in [7, 11) is 1.61. The van der Waals surface area contributed by atoms with Crippen LogP contribution in [-0.2, 0) is 4.74 Å². The molecule has 1 aromatic heterocycles. The maximum atomic E-state index is 14.2. The van der Waals surface area contributed by atoms with Gasteiger partial charge >= 0.3 is 0 Å². The van der Waals surface area contributed by atoms with E-state index < -0.39 is 11.7 Å². The van der Waals surface area contributed by atoms with Crippen molar-refractivity contribution in [3.05, 3.63) is 57.8 Å². The van der Waals surface area contributed by atoms with Gasteiger partial charge in [-0.25, -0.2) is 9.37 Å². The number of nitrogens with two attached hydrogens (primary N) is 1. The van der Waals surface area contributed by atoms with Crippen LogP contribution in [0.15, 0.2) is 40.6 Å². The fourth-order valence-corrected chi connectivity index (χ4v) is 2.91. The van der Waals surface area contributed by atoms with Crippen molar-refractivity contribution in [1.29, 1.82) is 0 Å². The van der Waals surface area contributed by atoms with Crippen LogP contribution in [0.4, 0.5) is 4.39 Å². The fraction of sp³-hybridized carbons (Fsp3) is 0.176. The molecule has 0 saturated carbocycles. The Bertz CT molecular complexity index is 871. The van der Waals surface area contributed by atoms with Crippen LogP contribution in [0.3, 0.4) is 0 Å². The first kappa shape index (κ1) is 16.4. The van der Waals surface area contributed by atoms with Gasteiger partial charge in [-0.1, -0.05) is 22.0 Å². The maximum Gasteiger partial charge on any atom is 0.267 e. The van der Waals surface area contributed by atoms with Gasteiger partial charge in [0.05, 0.1) is 24.1 Å². The van der Waals surface area contributed by atoms with Crippen molar-refractivity contribution in [2.75, 3.05) is 7.11 Å². The number of hydrogen-bond acceptors (Lipinski definition) is 3. The molecule has 0 radical (unpaired) electrons. The lowest BCUT2D eigenvalue weighted by Gasteiger charge is -2.12. The van der Waals surface area contributed by atoms with E-state index in [4.69, 9.17) is 10.5 Å². The molecule has 0 unspecified atom stereocenters. The number of carbonyl (C=O) groups is 1. The lowest BCUT2D eigenvalue weighted by Crippen LogP contribution is -2.14. The molecule has 2 aromatic rings. The SMILES string of the molecule is COC1=CC=C(c2nc(-c3ccc(Br)cc3F)[nH]c2C(N)=O)CC1. The highest BCUT2D eigenvalue weighted by molar-refractivity contribution is 9.10. The Morgan fingerprint density at radius 2 is 2.17 bits per heavy atom. The lowest BCUT2D eigenvalue weighted by molar-refractivity contribution is 0.0996. The van der Waals surface area contributed by atoms with Gasteiger partial charge in [-0.3, -0.25) is 4.79 Å². The number of H-pyrrole nitrogens is 1. The summed E-state index contributed by atoms with van der Waals surface area (Å²) in [6, 6.07) is 4.64. The van der Waals surface area contributed by atoms with Crippen molar-refractivity contribution in [3.63, 3.8) is 0 Å². The number of amides is 1. The molecule has 0 spiro atoms. The minimum Gasteiger partial charge on any atom is -0.501 e. The van der Waals surface area contributed by atoms with Crippen LogP contribution in [0, 0.1) is 5.82 Å². The number of aromatic nitrogens is 2. The van der Waals surface area contributed by atoms with Gasteiger partial charge in [0.2, 0.25) is 0 Å². The van der Waals surface area contributed by atoms with Gasteiger partial charge in [-0.05, 0) is 36.3 Å². The lowest BCUT2D eigenvalue weighted by atomic mass is 9.99. The first-order valence-corrected chi connectivity index (χ1v) is 8.08. The second kappa shape index (κ2) is 6.60. The van der Waals surface area contributed by atoms with Crippen LogP contribution in [0.2, 0.25) is 0 Å². The molecule has 1 amide bonds. The van der Waals surface area contributed by atoms with Crippen LogP contribution >= 0.6 is 15.9 Å². The third-order valence-electron chi connectivity index (χ3n) is 3.81. The van der Waals surface area contributed by atoms with Crippen molar-refractivity contribution < 1.29 is 13.9 Å². The average Bonchev–Trinajstić information content (AvgIpc) is 3.00. The van der Waals surface area contributed by atoms with E-state index in [9.17, 15) is 9.18 Å². The van der Waals surface area contributed by atoms with Crippen LogP contribution in [0.25, 0.3) is 17.0 Å². The zero-order valence-corrected chi connectivity index (χ0v) is 14.5. The number of primary amides is 1. The highest BCUT2D eigenvalue weighted by Crippen LogP contribution is 2.31. The highest BCUT2D eigenvalue weighted by Gasteiger charge is 2.21. The third kappa shape index (κ3) is 3.12. The summed E-state index contributed by atoms with van der Waals surface area (Å²) in [5.74, 6) is 0.0453. The summed E-state index contributed by atoms with van der Waals surface area (Å²) in [4.78, 5) is 19.0. The number of benzene rings is 1. The number of nitrogens with zero attached hydrogens (tertiary/aromatic N) is 1. The molecule has 1 aromatic carbocycles. The number of carbonyl (C=O) groups excluding carboxylic acids is 1. The largest absolute Gasteiger partial charge is 0.501 e. The molecule has 0 bridgehead atoms. The van der Waals surface area contributed by atoms with E-state index in [2.05, 4.69) is 25.9 Å². The second-order valence-corrected chi connectivity index (χ2v) is 6.24. The van der Waals surface area contributed by atoms with Crippen molar-refractivity contribution in [2.24, 2.45) is 5.73 Å². The van der Waals surface area contributed by atoms with E-state index in [1.165, 1.54) is 6.07 Å². The van der Waals surface area contributed by atoms with E-state index in [-0.39, 0.29) is 17.1 Å². The van der Waals surface area contributed by atoms with Crippen molar-refractivity contribution in [3.8, 4) is 11.4 Å². The molecule has 7 heteroatoms.